The first-order valence-corrected chi connectivity index (χ1v) is 9.72. The number of ether oxygens (including phenoxy) is 1. The van der Waals surface area contributed by atoms with Gasteiger partial charge >= 0.3 is 6.09 Å². The van der Waals surface area contributed by atoms with E-state index in [1.54, 1.807) is 25.8 Å². The van der Waals surface area contributed by atoms with Crippen LogP contribution in [0.15, 0.2) is 42.0 Å². The van der Waals surface area contributed by atoms with Crippen LogP contribution >= 0.6 is 24.0 Å². The van der Waals surface area contributed by atoms with Crippen molar-refractivity contribution < 1.29 is 9.53 Å². The van der Waals surface area contributed by atoms with E-state index in [-0.39, 0.29) is 36.1 Å². The maximum atomic E-state index is 12.0. The summed E-state index contributed by atoms with van der Waals surface area (Å²) < 4.78 is 7.21. The molecule has 1 amide bonds. The Morgan fingerprint density at radius 3 is 2.83 bits per heavy atom. The van der Waals surface area contributed by atoms with Gasteiger partial charge in [0.1, 0.15) is 17.7 Å². The fourth-order valence-corrected chi connectivity index (χ4v) is 3.16. The Balaban J connectivity index is 0.00000320. The van der Waals surface area contributed by atoms with Gasteiger partial charge in [-0.2, -0.15) is 0 Å². The standard InChI is InChI=1S/C20H29N7O2.HI/c1-20(2,3)29-19(28)25-16-6-9-26(13-16)18(21-4)24-12-15-5-7-23-17(11-15)27-10-8-22-14-27;/h5,7-8,10-11,14,16H,6,9,12-13H2,1-4H3,(H,21,24)(H,25,28);1H. The van der Waals surface area contributed by atoms with Gasteiger partial charge in [0.15, 0.2) is 5.96 Å². The third-order valence-corrected chi connectivity index (χ3v) is 4.45. The molecule has 0 bridgehead atoms. The normalized spacial score (nSPS) is 16.7. The number of carbonyl (C=O) groups is 1. The Morgan fingerprint density at radius 2 is 2.17 bits per heavy atom. The maximum Gasteiger partial charge on any atom is 0.407 e. The lowest BCUT2D eigenvalue weighted by molar-refractivity contribution is 0.0507. The molecule has 9 nitrogen and oxygen atoms in total. The van der Waals surface area contributed by atoms with E-state index in [1.165, 1.54) is 0 Å². The number of halogens is 1. The molecule has 3 heterocycles. The molecular formula is C20H30IN7O2. The molecule has 1 unspecified atom stereocenters. The first-order chi connectivity index (χ1) is 13.8. The van der Waals surface area contributed by atoms with Crippen LogP contribution < -0.4 is 10.6 Å². The molecule has 0 aromatic carbocycles. The summed E-state index contributed by atoms with van der Waals surface area (Å²) in [5, 5.41) is 6.33. The van der Waals surface area contributed by atoms with Crippen molar-refractivity contribution in [3.63, 3.8) is 0 Å². The summed E-state index contributed by atoms with van der Waals surface area (Å²) in [4.78, 5) is 26.9. The van der Waals surface area contributed by atoms with Crippen LogP contribution in [0.1, 0.15) is 32.8 Å². The number of guanidine groups is 1. The van der Waals surface area contributed by atoms with E-state index in [9.17, 15) is 4.79 Å². The number of hydrogen-bond donors (Lipinski definition) is 2. The van der Waals surface area contributed by atoms with Crippen LogP contribution in [0.2, 0.25) is 0 Å². The number of carbonyl (C=O) groups excluding carboxylic acids is 1. The van der Waals surface area contributed by atoms with Gasteiger partial charge in [0.05, 0.1) is 6.04 Å². The number of hydrogen-bond acceptors (Lipinski definition) is 5. The summed E-state index contributed by atoms with van der Waals surface area (Å²) in [7, 11) is 1.76. The molecule has 1 aliphatic rings. The molecule has 0 spiro atoms. The summed E-state index contributed by atoms with van der Waals surface area (Å²) >= 11 is 0. The van der Waals surface area contributed by atoms with Crippen LogP contribution in [-0.4, -0.2) is 63.3 Å². The highest BCUT2D eigenvalue weighted by Gasteiger charge is 2.27. The number of rotatable bonds is 4. The van der Waals surface area contributed by atoms with E-state index in [0.29, 0.717) is 13.1 Å². The van der Waals surface area contributed by atoms with E-state index < -0.39 is 5.60 Å². The van der Waals surface area contributed by atoms with Crippen molar-refractivity contribution in [1.82, 2.24) is 30.1 Å². The molecule has 3 rings (SSSR count). The Morgan fingerprint density at radius 1 is 1.37 bits per heavy atom. The minimum Gasteiger partial charge on any atom is -0.444 e. The van der Waals surface area contributed by atoms with Crippen molar-refractivity contribution in [2.75, 3.05) is 20.1 Å². The molecule has 0 aliphatic carbocycles. The zero-order valence-corrected chi connectivity index (χ0v) is 20.2. The largest absolute Gasteiger partial charge is 0.444 e. The molecule has 2 N–H and O–H groups in total. The summed E-state index contributed by atoms with van der Waals surface area (Å²) in [5.74, 6) is 1.62. The van der Waals surface area contributed by atoms with Crippen molar-refractivity contribution in [2.45, 2.75) is 45.4 Å². The Bertz CT molecular complexity index is 849. The number of likely N-dealkylation sites (tertiary alicyclic amines) is 1. The fraction of sp³-hybridized carbons (Fsp3) is 0.500. The SMILES string of the molecule is CN=C(NCc1ccnc(-n2ccnc2)c1)N1CCC(NC(=O)OC(C)(C)C)C1.I. The minimum atomic E-state index is -0.500. The highest BCUT2D eigenvalue weighted by Crippen LogP contribution is 2.13. The van der Waals surface area contributed by atoms with Crippen LogP contribution in [0.25, 0.3) is 5.82 Å². The lowest BCUT2D eigenvalue weighted by Gasteiger charge is -2.23. The third-order valence-electron chi connectivity index (χ3n) is 4.45. The smallest absolute Gasteiger partial charge is 0.407 e. The van der Waals surface area contributed by atoms with Gasteiger partial charge in [-0.05, 0) is 44.9 Å². The zero-order chi connectivity index (χ0) is 20.9. The summed E-state index contributed by atoms with van der Waals surface area (Å²) in [5.41, 5.74) is 0.590. The van der Waals surface area contributed by atoms with Crippen LogP contribution in [0, 0.1) is 0 Å². The number of aromatic nitrogens is 3. The molecule has 2 aromatic rings. The molecule has 30 heavy (non-hydrogen) atoms. The third kappa shape index (κ3) is 6.85. The fourth-order valence-electron chi connectivity index (χ4n) is 3.16. The summed E-state index contributed by atoms with van der Waals surface area (Å²) in [6, 6.07) is 4.02. The van der Waals surface area contributed by atoms with E-state index in [2.05, 4.69) is 30.5 Å². The van der Waals surface area contributed by atoms with E-state index in [4.69, 9.17) is 4.74 Å². The van der Waals surface area contributed by atoms with Crippen molar-refractivity contribution in [1.29, 1.82) is 0 Å². The molecule has 2 aromatic heterocycles. The topological polar surface area (TPSA) is 96.7 Å². The predicted molar refractivity (Wildman–Crippen MR) is 126 cm³/mol. The second kappa shape index (κ2) is 10.6. The number of pyridine rings is 1. The number of nitrogens with one attached hydrogen (secondary N) is 2. The molecule has 1 aliphatic heterocycles. The van der Waals surface area contributed by atoms with Crippen molar-refractivity contribution in [2.24, 2.45) is 4.99 Å². The number of nitrogens with zero attached hydrogens (tertiary/aromatic N) is 5. The van der Waals surface area contributed by atoms with Gasteiger partial charge < -0.3 is 20.3 Å². The van der Waals surface area contributed by atoms with Gasteiger partial charge in [0, 0.05) is 45.3 Å². The van der Waals surface area contributed by atoms with Crippen molar-refractivity contribution in [3.05, 3.63) is 42.6 Å². The highest BCUT2D eigenvalue weighted by atomic mass is 127. The Labute approximate surface area is 194 Å². The van der Waals surface area contributed by atoms with Crippen LogP contribution in [0.5, 0.6) is 0 Å². The van der Waals surface area contributed by atoms with Gasteiger partial charge in [0.25, 0.3) is 0 Å². The van der Waals surface area contributed by atoms with Crippen molar-refractivity contribution in [3.8, 4) is 5.82 Å². The Kier molecular flexibility index (Phi) is 8.44. The molecular weight excluding hydrogens is 497 g/mol. The van der Waals surface area contributed by atoms with Crippen LogP contribution in [-0.2, 0) is 11.3 Å². The lowest BCUT2D eigenvalue weighted by atomic mass is 10.2. The first-order valence-electron chi connectivity index (χ1n) is 9.72. The van der Waals surface area contributed by atoms with Crippen molar-refractivity contribution >= 4 is 36.0 Å². The molecule has 164 valence electrons. The molecule has 1 atom stereocenters. The van der Waals surface area contributed by atoms with Gasteiger partial charge in [-0.3, -0.25) is 9.56 Å². The monoisotopic (exact) mass is 527 g/mol. The first kappa shape index (κ1) is 23.9. The van der Waals surface area contributed by atoms with Gasteiger partial charge in [-0.15, -0.1) is 24.0 Å². The molecule has 1 fully saturated rings. The molecule has 0 radical (unpaired) electrons. The van der Waals surface area contributed by atoms with Gasteiger partial charge in [-0.1, -0.05) is 0 Å². The number of aliphatic imine (C=N–C) groups is 1. The van der Waals surface area contributed by atoms with Crippen LogP contribution in [0.3, 0.4) is 0 Å². The predicted octanol–water partition coefficient (Wildman–Crippen LogP) is 2.56. The minimum absolute atomic E-state index is 0. The van der Waals surface area contributed by atoms with E-state index >= 15 is 0 Å². The second-order valence-corrected chi connectivity index (χ2v) is 7.97. The summed E-state index contributed by atoms with van der Waals surface area (Å²) in [6.45, 7) is 7.70. The van der Waals surface area contributed by atoms with E-state index in [0.717, 1.165) is 30.3 Å². The van der Waals surface area contributed by atoms with Gasteiger partial charge in [0.2, 0.25) is 0 Å². The summed E-state index contributed by atoms with van der Waals surface area (Å²) in [6.07, 6.45) is 7.56. The molecule has 10 heteroatoms. The van der Waals surface area contributed by atoms with E-state index in [1.807, 2.05) is 43.7 Å². The number of imidazole rings is 1. The second-order valence-electron chi connectivity index (χ2n) is 7.97. The number of alkyl carbamates (subject to hydrolysis) is 1. The lowest BCUT2D eigenvalue weighted by Crippen LogP contribution is -2.44. The average Bonchev–Trinajstić information content (AvgIpc) is 3.33. The molecule has 1 saturated heterocycles. The Hall–Kier alpha value is -2.37. The van der Waals surface area contributed by atoms with Gasteiger partial charge in [-0.25, -0.2) is 14.8 Å². The molecule has 0 saturated carbocycles. The average molecular weight is 527 g/mol. The maximum absolute atomic E-state index is 12.0. The quantitative estimate of drug-likeness (QED) is 0.361. The number of amides is 1. The van der Waals surface area contributed by atoms with Crippen LogP contribution in [0.4, 0.5) is 4.79 Å². The zero-order valence-electron chi connectivity index (χ0n) is 17.8. The highest BCUT2D eigenvalue weighted by molar-refractivity contribution is 14.0.